The number of piperidine rings is 1. The molecule has 4 nitrogen and oxygen atoms in total. The van der Waals surface area contributed by atoms with Crippen LogP contribution in [0.1, 0.15) is 33.1 Å². The zero-order chi connectivity index (χ0) is 14.8. The molecule has 1 N–H and O–H groups in total. The lowest BCUT2D eigenvalue weighted by atomic mass is 10.0. The molecule has 2 heterocycles. The summed E-state index contributed by atoms with van der Waals surface area (Å²) in [4.78, 5) is 7.37. The molecule has 2 aromatic rings. The molecule has 1 aromatic carbocycles. The summed E-state index contributed by atoms with van der Waals surface area (Å²) in [7, 11) is 2.13. The van der Waals surface area contributed by atoms with E-state index in [2.05, 4.69) is 59.9 Å². The smallest absolute Gasteiger partial charge is 0.206 e. The van der Waals surface area contributed by atoms with Crippen LogP contribution in [0.5, 0.6) is 0 Å². The van der Waals surface area contributed by atoms with Crippen LogP contribution in [0.2, 0.25) is 0 Å². The summed E-state index contributed by atoms with van der Waals surface area (Å²) < 4.78 is 2.24. The summed E-state index contributed by atoms with van der Waals surface area (Å²) in [6.45, 7) is 6.58. The number of rotatable bonds is 4. The maximum atomic E-state index is 4.87. The minimum Gasteiger partial charge on any atom is -0.338 e. The lowest BCUT2D eigenvalue weighted by molar-refractivity contribution is 0.414. The third kappa shape index (κ3) is 2.91. The molecule has 0 bridgehead atoms. The molecule has 4 heteroatoms. The minimum absolute atomic E-state index is 0.536. The molecule has 1 saturated heterocycles. The predicted octanol–water partition coefficient (Wildman–Crippen LogP) is 2.93. The third-order valence-electron chi connectivity index (χ3n) is 4.41. The zero-order valence-electron chi connectivity index (χ0n) is 13.3. The predicted molar refractivity (Wildman–Crippen MR) is 88.8 cm³/mol. The standard InChI is InChI=1S/C17H26N4/c1-13(2)18-12-14-8-6-7-11-21(14)17-19-15-9-4-5-10-16(15)20(17)3/h4-5,9-10,13-14,18H,6-8,11-12H2,1-3H3. The highest BCUT2D eigenvalue weighted by Gasteiger charge is 2.26. The third-order valence-corrected chi connectivity index (χ3v) is 4.41. The fraction of sp³-hybridized carbons (Fsp3) is 0.588. The van der Waals surface area contributed by atoms with Crippen LogP contribution >= 0.6 is 0 Å². The Kier molecular flexibility index (Phi) is 4.15. The first-order valence-electron chi connectivity index (χ1n) is 8.08. The summed E-state index contributed by atoms with van der Waals surface area (Å²) in [5.41, 5.74) is 2.31. The molecule has 114 valence electrons. The van der Waals surface area contributed by atoms with E-state index >= 15 is 0 Å². The number of imidazole rings is 1. The first-order chi connectivity index (χ1) is 10.2. The van der Waals surface area contributed by atoms with Gasteiger partial charge in [-0.2, -0.15) is 0 Å². The molecule has 1 aromatic heterocycles. The van der Waals surface area contributed by atoms with Gasteiger partial charge in [0.1, 0.15) is 0 Å². The zero-order valence-corrected chi connectivity index (χ0v) is 13.3. The maximum absolute atomic E-state index is 4.87. The van der Waals surface area contributed by atoms with Gasteiger partial charge in [-0.15, -0.1) is 0 Å². The Labute approximate surface area is 127 Å². The van der Waals surface area contributed by atoms with E-state index < -0.39 is 0 Å². The first kappa shape index (κ1) is 14.4. The van der Waals surface area contributed by atoms with Crippen molar-refractivity contribution in [1.29, 1.82) is 0 Å². The van der Waals surface area contributed by atoms with E-state index in [1.807, 2.05) is 0 Å². The van der Waals surface area contributed by atoms with Crippen LogP contribution in [0.25, 0.3) is 11.0 Å². The van der Waals surface area contributed by atoms with Gasteiger partial charge < -0.3 is 14.8 Å². The van der Waals surface area contributed by atoms with E-state index in [0.717, 1.165) is 24.6 Å². The van der Waals surface area contributed by atoms with E-state index in [1.165, 1.54) is 24.8 Å². The molecule has 21 heavy (non-hydrogen) atoms. The van der Waals surface area contributed by atoms with Gasteiger partial charge in [-0.1, -0.05) is 26.0 Å². The van der Waals surface area contributed by atoms with Crippen LogP contribution in [0.15, 0.2) is 24.3 Å². The molecule has 3 rings (SSSR count). The van der Waals surface area contributed by atoms with Crippen molar-refractivity contribution in [2.45, 2.75) is 45.2 Å². The van der Waals surface area contributed by atoms with E-state index in [-0.39, 0.29) is 0 Å². The number of nitrogens with one attached hydrogen (secondary N) is 1. The molecular formula is C17H26N4. The second-order valence-corrected chi connectivity index (χ2v) is 6.37. The van der Waals surface area contributed by atoms with Gasteiger partial charge in [-0.25, -0.2) is 4.98 Å². The largest absolute Gasteiger partial charge is 0.338 e. The van der Waals surface area contributed by atoms with Gasteiger partial charge in [0, 0.05) is 32.2 Å². The Morgan fingerprint density at radius 1 is 1.29 bits per heavy atom. The molecule has 1 atom stereocenters. The average molecular weight is 286 g/mol. The van der Waals surface area contributed by atoms with Crippen LogP contribution in [-0.2, 0) is 7.05 Å². The Morgan fingerprint density at radius 2 is 2.10 bits per heavy atom. The van der Waals surface area contributed by atoms with Crippen LogP contribution < -0.4 is 10.2 Å². The molecule has 1 aliphatic rings. The fourth-order valence-corrected chi connectivity index (χ4v) is 3.24. The molecule has 1 aliphatic heterocycles. The maximum Gasteiger partial charge on any atom is 0.206 e. The molecule has 0 aliphatic carbocycles. The number of benzene rings is 1. The number of para-hydroxylation sites is 2. The van der Waals surface area contributed by atoms with Gasteiger partial charge in [-0.05, 0) is 31.4 Å². The number of aromatic nitrogens is 2. The van der Waals surface area contributed by atoms with Crippen LogP contribution in [0.3, 0.4) is 0 Å². The van der Waals surface area contributed by atoms with Crippen molar-refractivity contribution in [3.8, 4) is 0 Å². The topological polar surface area (TPSA) is 33.1 Å². The van der Waals surface area contributed by atoms with Crippen molar-refractivity contribution in [2.75, 3.05) is 18.0 Å². The normalized spacial score (nSPS) is 19.6. The lowest BCUT2D eigenvalue weighted by Gasteiger charge is -2.37. The van der Waals surface area contributed by atoms with Crippen molar-refractivity contribution in [2.24, 2.45) is 7.05 Å². The quantitative estimate of drug-likeness (QED) is 0.938. The van der Waals surface area contributed by atoms with Gasteiger partial charge in [0.25, 0.3) is 0 Å². The summed E-state index contributed by atoms with van der Waals surface area (Å²) in [5, 5.41) is 3.59. The van der Waals surface area contributed by atoms with Crippen molar-refractivity contribution in [3.63, 3.8) is 0 Å². The van der Waals surface area contributed by atoms with Crippen molar-refractivity contribution in [3.05, 3.63) is 24.3 Å². The first-order valence-corrected chi connectivity index (χ1v) is 8.08. The fourth-order valence-electron chi connectivity index (χ4n) is 3.24. The molecule has 0 saturated carbocycles. The monoisotopic (exact) mass is 286 g/mol. The minimum atomic E-state index is 0.536. The summed E-state index contributed by atoms with van der Waals surface area (Å²) in [6, 6.07) is 9.49. The lowest BCUT2D eigenvalue weighted by Crippen LogP contribution is -2.47. The average Bonchev–Trinajstić information content (AvgIpc) is 2.83. The number of hydrogen-bond donors (Lipinski definition) is 1. The summed E-state index contributed by atoms with van der Waals surface area (Å²) in [6.07, 6.45) is 3.84. The van der Waals surface area contributed by atoms with Crippen LogP contribution in [0, 0.1) is 0 Å². The van der Waals surface area contributed by atoms with Gasteiger partial charge in [0.05, 0.1) is 11.0 Å². The molecule has 0 radical (unpaired) electrons. The highest BCUT2D eigenvalue weighted by Crippen LogP contribution is 2.27. The summed E-state index contributed by atoms with van der Waals surface area (Å²) >= 11 is 0. The van der Waals surface area contributed by atoms with Crippen molar-refractivity contribution in [1.82, 2.24) is 14.9 Å². The van der Waals surface area contributed by atoms with Crippen LogP contribution in [-0.4, -0.2) is 34.7 Å². The Hall–Kier alpha value is -1.55. The van der Waals surface area contributed by atoms with Gasteiger partial charge in [0.2, 0.25) is 5.95 Å². The second-order valence-electron chi connectivity index (χ2n) is 6.37. The van der Waals surface area contributed by atoms with Crippen molar-refractivity contribution < 1.29 is 0 Å². The Balaban J connectivity index is 1.89. The molecular weight excluding hydrogens is 260 g/mol. The number of anilines is 1. The highest BCUT2D eigenvalue weighted by atomic mass is 15.3. The van der Waals surface area contributed by atoms with Crippen molar-refractivity contribution >= 4 is 17.0 Å². The van der Waals surface area contributed by atoms with Gasteiger partial charge in [-0.3, -0.25) is 0 Å². The molecule has 1 fully saturated rings. The SMILES string of the molecule is CC(C)NCC1CCCCN1c1nc2ccccc2n1C. The Bertz CT molecular complexity index is 602. The van der Waals surface area contributed by atoms with Crippen LogP contribution in [0.4, 0.5) is 5.95 Å². The number of hydrogen-bond acceptors (Lipinski definition) is 3. The number of fused-ring (bicyclic) bond motifs is 1. The van der Waals surface area contributed by atoms with Gasteiger partial charge >= 0.3 is 0 Å². The summed E-state index contributed by atoms with van der Waals surface area (Å²) in [5.74, 6) is 1.12. The van der Waals surface area contributed by atoms with E-state index in [1.54, 1.807) is 0 Å². The van der Waals surface area contributed by atoms with Gasteiger partial charge in [0.15, 0.2) is 0 Å². The second kappa shape index (κ2) is 6.06. The van der Waals surface area contributed by atoms with E-state index in [0.29, 0.717) is 12.1 Å². The number of nitrogens with zero attached hydrogens (tertiary/aromatic N) is 3. The Morgan fingerprint density at radius 3 is 2.86 bits per heavy atom. The number of aryl methyl sites for hydroxylation is 1. The molecule has 0 spiro atoms. The van der Waals surface area contributed by atoms with E-state index in [9.17, 15) is 0 Å². The highest BCUT2D eigenvalue weighted by molar-refractivity contribution is 5.78. The molecule has 0 amide bonds. The molecule has 1 unspecified atom stereocenters. The van der Waals surface area contributed by atoms with E-state index in [4.69, 9.17) is 4.98 Å².